The van der Waals surface area contributed by atoms with Gasteiger partial charge in [-0.3, -0.25) is 0 Å². The third kappa shape index (κ3) is 4.87. The van der Waals surface area contributed by atoms with Gasteiger partial charge < -0.3 is 10.6 Å². The van der Waals surface area contributed by atoms with Gasteiger partial charge in [-0.2, -0.15) is 13.2 Å². The standard InChI is InChI=1S/C16H15F3N2/c17-16(18,19)14-6-8-15(9-7-14)21-11-10-20-12-13-4-2-1-3-5-13/h1-11,20-21H,12H2/b11-10+. The highest BCUT2D eigenvalue weighted by Crippen LogP contribution is 2.29. The number of benzene rings is 2. The number of halogens is 3. The van der Waals surface area contributed by atoms with E-state index in [4.69, 9.17) is 0 Å². The SMILES string of the molecule is FC(F)(F)c1ccc(N/C=C/NCc2ccccc2)cc1. The average Bonchev–Trinajstić information content (AvgIpc) is 2.47. The Balaban J connectivity index is 1.79. The summed E-state index contributed by atoms with van der Waals surface area (Å²) in [6.45, 7) is 0.687. The normalized spacial score (nSPS) is 11.6. The summed E-state index contributed by atoms with van der Waals surface area (Å²) in [6, 6.07) is 14.8. The summed E-state index contributed by atoms with van der Waals surface area (Å²) in [5, 5.41) is 5.98. The molecule has 0 unspecified atom stereocenters. The zero-order valence-electron chi connectivity index (χ0n) is 11.2. The Morgan fingerprint density at radius 2 is 1.52 bits per heavy atom. The molecule has 0 saturated heterocycles. The molecule has 2 aromatic rings. The van der Waals surface area contributed by atoms with Crippen LogP contribution in [0, 0.1) is 0 Å². The second-order valence-electron chi connectivity index (χ2n) is 4.42. The number of alkyl halides is 3. The number of hydrogen-bond acceptors (Lipinski definition) is 2. The van der Waals surface area contributed by atoms with E-state index in [0.29, 0.717) is 12.2 Å². The Kier molecular flexibility index (Phi) is 4.87. The molecule has 2 nitrogen and oxygen atoms in total. The van der Waals surface area contributed by atoms with E-state index >= 15 is 0 Å². The lowest BCUT2D eigenvalue weighted by atomic mass is 10.2. The number of rotatable bonds is 5. The first kappa shape index (κ1) is 15.0. The maximum absolute atomic E-state index is 12.4. The van der Waals surface area contributed by atoms with Crippen molar-refractivity contribution in [3.63, 3.8) is 0 Å². The Morgan fingerprint density at radius 1 is 0.857 bits per heavy atom. The van der Waals surface area contributed by atoms with Gasteiger partial charge in [0.25, 0.3) is 0 Å². The highest BCUT2D eigenvalue weighted by atomic mass is 19.4. The predicted molar refractivity (Wildman–Crippen MR) is 77.5 cm³/mol. The van der Waals surface area contributed by atoms with Crippen LogP contribution in [0.3, 0.4) is 0 Å². The lowest BCUT2D eigenvalue weighted by Crippen LogP contribution is -2.05. The third-order valence-electron chi connectivity index (χ3n) is 2.81. The first-order chi connectivity index (χ1) is 10.1. The number of anilines is 1. The Bertz CT molecular complexity index is 575. The van der Waals surface area contributed by atoms with E-state index in [-0.39, 0.29) is 0 Å². The molecule has 2 N–H and O–H groups in total. The zero-order valence-corrected chi connectivity index (χ0v) is 11.2. The van der Waals surface area contributed by atoms with Gasteiger partial charge in [0, 0.05) is 24.6 Å². The monoisotopic (exact) mass is 292 g/mol. The summed E-state index contributed by atoms with van der Waals surface area (Å²) in [5.41, 5.74) is 1.09. The van der Waals surface area contributed by atoms with Gasteiger partial charge in [-0.1, -0.05) is 30.3 Å². The van der Waals surface area contributed by atoms with E-state index in [1.165, 1.54) is 12.1 Å². The second-order valence-corrected chi connectivity index (χ2v) is 4.42. The van der Waals surface area contributed by atoms with Crippen LogP contribution in [0.4, 0.5) is 18.9 Å². The third-order valence-corrected chi connectivity index (χ3v) is 2.81. The van der Waals surface area contributed by atoms with Crippen molar-refractivity contribution >= 4 is 5.69 Å². The first-order valence-corrected chi connectivity index (χ1v) is 6.42. The van der Waals surface area contributed by atoms with Crippen LogP contribution < -0.4 is 10.6 Å². The van der Waals surface area contributed by atoms with Gasteiger partial charge in [-0.15, -0.1) is 0 Å². The lowest BCUT2D eigenvalue weighted by molar-refractivity contribution is -0.137. The van der Waals surface area contributed by atoms with Gasteiger partial charge >= 0.3 is 6.18 Å². The van der Waals surface area contributed by atoms with Gasteiger partial charge in [-0.25, -0.2) is 0 Å². The largest absolute Gasteiger partial charge is 0.416 e. The highest BCUT2D eigenvalue weighted by molar-refractivity contribution is 5.47. The number of hydrogen-bond donors (Lipinski definition) is 2. The molecule has 0 atom stereocenters. The van der Waals surface area contributed by atoms with Gasteiger partial charge in [0.15, 0.2) is 0 Å². The van der Waals surface area contributed by atoms with Crippen LogP contribution in [-0.4, -0.2) is 0 Å². The van der Waals surface area contributed by atoms with Gasteiger partial charge in [0.2, 0.25) is 0 Å². The van der Waals surface area contributed by atoms with Crippen LogP contribution in [-0.2, 0) is 12.7 Å². The average molecular weight is 292 g/mol. The molecule has 2 aromatic carbocycles. The van der Waals surface area contributed by atoms with Gasteiger partial charge in [-0.05, 0) is 29.8 Å². The summed E-state index contributed by atoms with van der Waals surface area (Å²) < 4.78 is 37.2. The van der Waals surface area contributed by atoms with Gasteiger partial charge in [0.1, 0.15) is 0 Å². The molecule has 0 aliphatic carbocycles. The quantitative estimate of drug-likeness (QED) is 0.854. The van der Waals surface area contributed by atoms with Crippen molar-refractivity contribution in [2.24, 2.45) is 0 Å². The van der Waals surface area contributed by atoms with E-state index in [0.717, 1.165) is 17.7 Å². The second kappa shape index (κ2) is 6.83. The van der Waals surface area contributed by atoms with Crippen molar-refractivity contribution in [3.05, 3.63) is 78.1 Å². The molecular formula is C16H15F3N2. The minimum Gasteiger partial charge on any atom is -0.386 e. The topological polar surface area (TPSA) is 24.1 Å². The van der Waals surface area contributed by atoms with E-state index in [1.54, 1.807) is 12.4 Å². The Morgan fingerprint density at radius 3 is 2.14 bits per heavy atom. The van der Waals surface area contributed by atoms with Crippen molar-refractivity contribution in [2.75, 3.05) is 5.32 Å². The first-order valence-electron chi connectivity index (χ1n) is 6.42. The Labute approximate surface area is 121 Å². The highest BCUT2D eigenvalue weighted by Gasteiger charge is 2.29. The molecule has 110 valence electrons. The Hall–Kier alpha value is -2.43. The molecule has 0 aromatic heterocycles. The van der Waals surface area contributed by atoms with Crippen LogP contribution in [0.2, 0.25) is 0 Å². The molecule has 0 amide bonds. The van der Waals surface area contributed by atoms with Gasteiger partial charge in [0.05, 0.1) is 5.56 Å². The van der Waals surface area contributed by atoms with Crippen molar-refractivity contribution in [3.8, 4) is 0 Å². The minimum absolute atomic E-state index is 0.598. The molecule has 5 heteroatoms. The van der Waals surface area contributed by atoms with Crippen molar-refractivity contribution < 1.29 is 13.2 Å². The maximum atomic E-state index is 12.4. The van der Waals surface area contributed by atoms with E-state index in [1.807, 2.05) is 30.3 Å². The van der Waals surface area contributed by atoms with Crippen molar-refractivity contribution in [1.82, 2.24) is 5.32 Å². The maximum Gasteiger partial charge on any atom is 0.416 e. The van der Waals surface area contributed by atoms with Crippen LogP contribution in [0.15, 0.2) is 67.0 Å². The summed E-state index contributed by atoms with van der Waals surface area (Å²) in [7, 11) is 0. The fraction of sp³-hybridized carbons (Fsp3) is 0.125. The van der Waals surface area contributed by atoms with Crippen LogP contribution in [0.25, 0.3) is 0 Å². The van der Waals surface area contributed by atoms with E-state index in [2.05, 4.69) is 10.6 Å². The smallest absolute Gasteiger partial charge is 0.386 e. The molecule has 0 radical (unpaired) electrons. The van der Waals surface area contributed by atoms with Crippen molar-refractivity contribution in [2.45, 2.75) is 12.7 Å². The molecule has 0 fully saturated rings. The molecule has 0 aliphatic heterocycles. The van der Waals surface area contributed by atoms with Crippen LogP contribution in [0.1, 0.15) is 11.1 Å². The zero-order chi connectivity index (χ0) is 15.1. The molecule has 0 heterocycles. The molecule has 0 spiro atoms. The summed E-state index contributed by atoms with van der Waals surface area (Å²) >= 11 is 0. The fourth-order valence-corrected chi connectivity index (χ4v) is 1.72. The summed E-state index contributed by atoms with van der Waals surface area (Å²) in [4.78, 5) is 0. The summed E-state index contributed by atoms with van der Waals surface area (Å²) in [6.07, 6.45) is -0.943. The minimum atomic E-state index is -4.30. The fourth-order valence-electron chi connectivity index (χ4n) is 1.72. The molecule has 2 rings (SSSR count). The van der Waals surface area contributed by atoms with Crippen LogP contribution in [0.5, 0.6) is 0 Å². The van der Waals surface area contributed by atoms with E-state index in [9.17, 15) is 13.2 Å². The number of nitrogens with one attached hydrogen (secondary N) is 2. The molecule has 21 heavy (non-hydrogen) atoms. The van der Waals surface area contributed by atoms with E-state index < -0.39 is 11.7 Å². The molecule has 0 aliphatic rings. The lowest BCUT2D eigenvalue weighted by Gasteiger charge is -2.07. The predicted octanol–water partition coefficient (Wildman–Crippen LogP) is 4.38. The summed E-state index contributed by atoms with van der Waals surface area (Å²) in [5.74, 6) is 0. The molecule has 0 bridgehead atoms. The molecule has 0 saturated carbocycles. The molecular weight excluding hydrogens is 277 g/mol. The van der Waals surface area contributed by atoms with Crippen molar-refractivity contribution in [1.29, 1.82) is 0 Å². The van der Waals surface area contributed by atoms with Crippen LogP contribution >= 0.6 is 0 Å².